The molecule has 0 aliphatic carbocycles. The number of ether oxygens (including phenoxy) is 2. The number of nitrogens with one attached hydrogen (secondary N) is 2. The fraction of sp³-hybridized carbons (Fsp3) is 0.100. The van der Waals surface area contributed by atoms with Gasteiger partial charge in [0.05, 0.1) is 36.0 Å². The zero-order valence-corrected chi connectivity index (χ0v) is 31.5. The highest BCUT2D eigenvalue weighted by molar-refractivity contribution is 6.00. The molecule has 0 saturated heterocycles. The second kappa shape index (κ2) is 15.8. The lowest BCUT2D eigenvalue weighted by Crippen LogP contribution is -2.07. The molecular formula is C50H40N4O3. The van der Waals surface area contributed by atoms with E-state index in [1.54, 1.807) is 0 Å². The molecule has 278 valence electrons. The average Bonchev–Trinajstić information content (AvgIpc) is 4.10. The Kier molecular flexibility index (Phi) is 9.86. The van der Waals surface area contributed by atoms with Crippen LogP contribution in [-0.2, 0) is 9.53 Å². The van der Waals surface area contributed by atoms with Gasteiger partial charge in [0.25, 0.3) is 0 Å². The predicted molar refractivity (Wildman–Crippen MR) is 232 cm³/mol. The van der Waals surface area contributed by atoms with Crippen molar-refractivity contribution in [3.05, 3.63) is 162 Å². The van der Waals surface area contributed by atoms with Crippen molar-refractivity contribution in [2.45, 2.75) is 19.8 Å². The summed E-state index contributed by atoms with van der Waals surface area (Å²) in [4.78, 5) is 30.5. The van der Waals surface area contributed by atoms with Crippen molar-refractivity contribution in [3.63, 3.8) is 0 Å². The summed E-state index contributed by atoms with van der Waals surface area (Å²) < 4.78 is 11.6. The Hall–Kier alpha value is -7.25. The van der Waals surface area contributed by atoms with Gasteiger partial charge in [0, 0.05) is 56.3 Å². The lowest BCUT2D eigenvalue weighted by molar-refractivity contribution is -0.143. The predicted octanol–water partition coefficient (Wildman–Crippen LogP) is 12.0. The normalized spacial score (nSPS) is 11.8. The Bertz CT molecular complexity index is 2680. The van der Waals surface area contributed by atoms with E-state index in [4.69, 9.17) is 19.4 Å². The number of esters is 1. The number of nitrogens with zero attached hydrogens (tertiary/aromatic N) is 2. The molecule has 0 saturated carbocycles. The molecule has 57 heavy (non-hydrogen) atoms. The quantitative estimate of drug-likeness (QED) is 0.107. The zero-order chi connectivity index (χ0) is 38.6. The minimum atomic E-state index is -0.225. The molecule has 0 amide bonds. The molecule has 7 aromatic rings. The first kappa shape index (κ1) is 35.5. The lowest BCUT2D eigenvalue weighted by atomic mass is 10.0. The van der Waals surface area contributed by atoms with Gasteiger partial charge < -0.3 is 19.4 Å². The Morgan fingerprint density at radius 1 is 0.509 bits per heavy atom. The van der Waals surface area contributed by atoms with E-state index in [-0.39, 0.29) is 12.4 Å². The number of carbonyl (C=O) groups is 1. The van der Waals surface area contributed by atoms with Gasteiger partial charge in [-0.1, -0.05) is 109 Å². The van der Waals surface area contributed by atoms with Crippen molar-refractivity contribution in [2.75, 3.05) is 13.2 Å². The van der Waals surface area contributed by atoms with Gasteiger partial charge in [-0.3, -0.25) is 4.79 Å². The molecule has 8 bridgehead atoms. The molecule has 7 heteroatoms. The highest BCUT2D eigenvalue weighted by atomic mass is 16.5. The number of aromatic nitrogens is 4. The van der Waals surface area contributed by atoms with E-state index < -0.39 is 0 Å². The number of rotatable bonds is 10. The maximum absolute atomic E-state index is 12.1. The number of benzene rings is 4. The van der Waals surface area contributed by atoms with Gasteiger partial charge in [-0.05, 0) is 84.7 Å². The summed E-state index contributed by atoms with van der Waals surface area (Å²) in [6.45, 7) is 2.53. The van der Waals surface area contributed by atoms with E-state index >= 15 is 0 Å². The molecule has 0 radical (unpaired) electrons. The Balaban J connectivity index is 1.36. The molecule has 7 nitrogen and oxygen atoms in total. The summed E-state index contributed by atoms with van der Waals surface area (Å²) in [7, 11) is 0. The van der Waals surface area contributed by atoms with Crippen LogP contribution in [0.3, 0.4) is 0 Å². The van der Waals surface area contributed by atoms with Gasteiger partial charge in [0.2, 0.25) is 0 Å². The highest BCUT2D eigenvalue weighted by Gasteiger charge is 2.21. The minimum absolute atomic E-state index is 0.225. The van der Waals surface area contributed by atoms with Crippen LogP contribution in [0, 0.1) is 0 Å². The van der Waals surface area contributed by atoms with Crippen LogP contribution in [0.4, 0.5) is 0 Å². The van der Waals surface area contributed by atoms with E-state index in [2.05, 4.69) is 137 Å². The topological polar surface area (TPSA) is 92.9 Å². The molecule has 0 spiro atoms. The van der Waals surface area contributed by atoms with Crippen molar-refractivity contribution >= 4 is 52.3 Å². The summed E-state index contributed by atoms with van der Waals surface area (Å²) in [6, 6.07) is 47.8. The fourth-order valence-corrected chi connectivity index (χ4v) is 7.65. The Morgan fingerprint density at radius 3 is 1.42 bits per heavy atom. The molecular weight excluding hydrogens is 705 g/mol. The first-order chi connectivity index (χ1) is 28.1. The number of H-pyrrole nitrogens is 2. The molecule has 3 aromatic heterocycles. The number of carbonyl (C=O) groups excluding carboxylic acids is 1. The molecule has 2 N–H and O–H groups in total. The molecule has 0 fully saturated rings. The van der Waals surface area contributed by atoms with E-state index in [0.717, 1.165) is 89.4 Å². The lowest BCUT2D eigenvalue weighted by Gasteiger charge is -2.13. The first-order valence-corrected chi connectivity index (χ1v) is 19.3. The summed E-state index contributed by atoms with van der Waals surface area (Å²) in [5, 5.41) is 0. The molecule has 4 aromatic carbocycles. The van der Waals surface area contributed by atoms with Crippen molar-refractivity contribution in [2.24, 2.45) is 0 Å². The highest BCUT2D eigenvalue weighted by Crippen LogP contribution is 2.40. The zero-order valence-electron chi connectivity index (χ0n) is 31.5. The molecule has 0 atom stereocenters. The maximum atomic E-state index is 12.1. The van der Waals surface area contributed by atoms with E-state index in [1.807, 2.05) is 43.3 Å². The number of hydrogen-bond acceptors (Lipinski definition) is 5. The Morgan fingerprint density at radius 2 is 0.930 bits per heavy atom. The van der Waals surface area contributed by atoms with Crippen LogP contribution in [0.5, 0.6) is 5.75 Å². The summed E-state index contributed by atoms with van der Waals surface area (Å²) in [5.41, 5.74) is 15.0. The van der Waals surface area contributed by atoms with Crippen molar-refractivity contribution < 1.29 is 14.3 Å². The summed E-state index contributed by atoms with van der Waals surface area (Å²) in [5.74, 6) is 0.461. The van der Waals surface area contributed by atoms with Gasteiger partial charge in [-0.15, -0.1) is 0 Å². The van der Waals surface area contributed by atoms with Crippen LogP contribution in [0.1, 0.15) is 42.5 Å². The van der Waals surface area contributed by atoms with Crippen molar-refractivity contribution in [3.8, 4) is 50.3 Å². The third kappa shape index (κ3) is 7.19. The van der Waals surface area contributed by atoms with Gasteiger partial charge in [-0.2, -0.15) is 0 Å². The molecule has 5 heterocycles. The second-order valence-electron chi connectivity index (χ2n) is 13.9. The number of fused-ring (bicyclic) bond motifs is 8. The average molecular weight is 745 g/mol. The summed E-state index contributed by atoms with van der Waals surface area (Å²) in [6.07, 6.45) is 9.13. The van der Waals surface area contributed by atoms with Crippen LogP contribution in [0.15, 0.2) is 140 Å². The number of aromatic amines is 2. The maximum Gasteiger partial charge on any atom is 0.305 e. The van der Waals surface area contributed by atoms with Gasteiger partial charge >= 0.3 is 5.97 Å². The largest absolute Gasteiger partial charge is 0.493 e. The van der Waals surface area contributed by atoms with E-state index in [0.29, 0.717) is 25.4 Å². The minimum Gasteiger partial charge on any atom is -0.493 e. The van der Waals surface area contributed by atoms with Crippen LogP contribution in [-0.4, -0.2) is 39.1 Å². The third-order valence-corrected chi connectivity index (χ3v) is 10.2. The second-order valence-corrected chi connectivity index (χ2v) is 13.9. The van der Waals surface area contributed by atoms with E-state index in [1.165, 1.54) is 0 Å². The molecule has 0 unspecified atom stereocenters. The van der Waals surface area contributed by atoms with Crippen LogP contribution >= 0.6 is 0 Å². The van der Waals surface area contributed by atoms with Crippen LogP contribution in [0.2, 0.25) is 0 Å². The standard InChI is InChI=1S/C50H40N4O3/c1-2-56-46(55)23-14-32-57-45-22-13-12-21-36(45)50-43-30-28-41(53-43)48(34-17-8-4-9-18-34)39-26-24-37(51-39)47(33-15-6-3-7-16-33)38-25-27-40(52-38)49(35-19-10-5-11-20-35)42-29-31-44(50)54-42/h3-13,15-22,24-31,51-52H,2,14,23,32H2,1H3. The van der Waals surface area contributed by atoms with Gasteiger partial charge in [0.15, 0.2) is 0 Å². The van der Waals surface area contributed by atoms with E-state index in [9.17, 15) is 4.79 Å². The van der Waals surface area contributed by atoms with Gasteiger partial charge in [-0.25, -0.2) is 9.97 Å². The fourth-order valence-electron chi connectivity index (χ4n) is 7.65. The summed E-state index contributed by atoms with van der Waals surface area (Å²) >= 11 is 0. The molecule has 9 rings (SSSR count). The monoisotopic (exact) mass is 744 g/mol. The molecule has 2 aliphatic rings. The molecule has 2 aliphatic heterocycles. The SMILES string of the molecule is CCOC(=O)CCCOc1ccccc1-c1c2nc(c(-c3ccccc3)c3ccc([nH]3)c(-c3ccccc3)c3ccc([nH]3)c(-c3ccccc3)c3nc1C=C3)C=C2. The van der Waals surface area contributed by atoms with Crippen molar-refractivity contribution in [1.82, 2.24) is 19.9 Å². The third-order valence-electron chi connectivity index (χ3n) is 10.2. The number of para-hydroxylation sites is 1. The first-order valence-electron chi connectivity index (χ1n) is 19.3. The van der Waals surface area contributed by atoms with Crippen LogP contribution < -0.4 is 4.74 Å². The smallest absolute Gasteiger partial charge is 0.305 e. The number of hydrogen-bond donors (Lipinski definition) is 2. The Labute approximate surface area is 331 Å². The van der Waals surface area contributed by atoms with Crippen LogP contribution in [0.25, 0.3) is 90.9 Å². The van der Waals surface area contributed by atoms with Crippen molar-refractivity contribution in [1.29, 1.82) is 0 Å². The van der Waals surface area contributed by atoms with Gasteiger partial charge in [0.1, 0.15) is 5.75 Å².